The van der Waals surface area contributed by atoms with Crippen molar-refractivity contribution in [3.8, 4) is 0 Å². The van der Waals surface area contributed by atoms with Crippen LogP contribution in [0.15, 0.2) is 20.4 Å². The smallest absolute Gasteiger partial charge is 0.356 e. The Morgan fingerprint density at radius 2 is 1.50 bits per heavy atom. The van der Waals surface area contributed by atoms with E-state index in [-0.39, 0.29) is 16.5 Å². The number of likely N-dealkylation sites (N-methyl/N-ethyl adjacent to an activating group) is 1. The molecule has 0 unspecified atom stereocenters. The summed E-state index contributed by atoms with van der Waals surface area (Å²) in [6, 6.07) is 0. The molecule has 0 bridgehead atoms. The van der Waals surface area contributed by atoms with E-state index < -0.39 is 15.3 Å². The Morgan fingerprint density at radius 3 is 1.95 bits per heavy atom. The maximum absolute atomic E-state index is 12.8. The fourth-order valence-corrected chi connectivity index (χ4v) is 7.21. The van der Waals surface area contributed by atoms with E-state index >= 15 is 0 Å². The summed E-state index contributed by atoms with van der Waals surface area (Å²) in [5, 5.41) is 0. The lowest BCUT2D eigenvalue weighted by Crippen LogP contribution is -2.46. The van der Waals surface area contributed by atoms with Crippen molar-refractivity contribution in [2.24, 2.45) is 0 Å². The monoisotopic (exact) mass is 361 g/mol. The molecule has 120 valence electrons. The summed E-state index contributed by atoms with van der Waals surface area (Å²) in [5.74, 6) is -1.67. The molecule has 6 nitrogen and oxygen atoms in total. The zero-order valence-corrected chi connectivity index (χ0v) is 15.2. The molecule has 2 heterocycles. The number of ether oxygens (including phenoxy) is 2. The van der Waals surface area contributed by atoms with Crippen LogP contribution in [0.4, 0.5) is 0 Å². The van der Waals surface area contributed by atoms with Crippen LogP contribution in [0.1, 0.15) is 13.8 Å². The number of carbonyl (C=O) groups is 3. The van der Waals surface area contributed by atoms with Gasteiger partial charge in [-0.25, -0.2) is 9.59 Å². The number of thioether (sulfide) groups is 3. The Kier molecular flexibility index (Phi) is 4.88. The van der Waals surface area contributed by atoms with Crippen LogP contribution in [0.5, 0.6) is 0 Å². The number of amides is 1. The second-order valence-electron chi connectivity index (χ2n) is 4.50. The largest absolute Gasteiger partial charge is 0.465 e. The summed E-state index contributed by atoms with van der Waals surface area (Å²) in [4.78, 5) is 40.1. The summed E-state index contributed by atoms with van der Waals surface area (Å²) < 4.78 is 8.51. The molecule has 0 fully saturated rings. The summed E-state index contributed by atoms with van der Waals surface area (Å²) in [6.45, 7) is 3.85. The van der Waals surface area contributed by atoms with Crippen LogP contribution in [-0.4, -0.2) is 47.4 Å². The van der Waals surface area contributed by atoms with Gasteiger partial charge in [-0.05, 0) is 23.7 Å². The molecular formula is C13H15NO5S3. The van der Waals surface area contributed by atoms with Gasteiger partial charge in [0, 0.05) is 7.05 Å². The Hall–Kier alpha value is -1.06. The molecule has 9 heteroatoms. The SMILES string of the molecule is COC(=O)C1=C(C(=O)OC)N(C)C(=O)C2(SC(C)=C(C)S2)S1. The molecule has 0 atom stereocenters. The van der Waals surface area contributed by atoms with Crippen LogP contribution in [0, 0.1) is 0 Å². The maximum atomic E-state index is 12.8. The highest BCUT2D eigenvalue weighted by atomic mass is 32.3. The average Bonchev–Trinajstić information content (AvgIpc) is 2.78. The highest BCUT2D eigenvalue weighted by Gasteiger charge is 2.54. The first-order chi connectivity index (χ1) is 10.3. The second-order valence-corrected chi connectivity index (χ2v) is 9.36. The van der Waals surface area contributed by atoms with Gasteiger partial charge in [0.1, 0.15) is 4.91 Å². The number of carbonyl (C=O) groups excluding carboxylic acids is 3. The van der Waals surface area contributed by atoms with E-state index in [4.69, 9.17) is 9.47 Å². The molecule has 0 saturated carbocycles. The van der Waals surface area contributed by atoms with Crippen LogP contribution in [-0.2, 0) is 23.9 Å². The van der Waals surface area contributed by atoms with E-state index in [9.17, 15) is 14.4 Å². The number of hydrogen-bond acceptors (Lipinski definition) is 8. The molecule has 22 heavy (non-hydrogen) atoms. The number of esters is 2. The highest BCUT2D eigenvalue weighted by Crippen LogP contribution is 2.64. The lowest BCUT2D eigenvalue weighted by Gasteiger charge is -2.36. The number of rotatable bonds is 2. The van der Waals surface area contributed by atoms with Crippen LogP contribution in [0.25, 0.3) is 0 Å². The quantitative estimate of drug-likeness (QED) is 0.693. The van der Waals surface area contributed by atoms with Crippen molar-refractivity contribution in [1.29, 1.82) is 0 Å². The number of allylic oxidation sites excluding steroid dienone is 2. The third kappa shape index (κ3) is 2.65. The van der Waals surface area contributed by atoms with Crippen molar-refractivity contribution in [2.45, 2.75) is 17.3 Å². The Labute approximate surface area is 141 Å². The van der Waals surface area contributed by atoms with Gasteiger partial charge in [-0.3, -0.25) is 4.79 Å². The van der Waals surface area contributed by atoms with Gasteiger partial charge in [-0.1, -0.05) is 35.3 Å². The van der Waals surface area contributed by atoms with Crippen molar-refractivity contribution in [3.05, 3.63) is 20.4 Å². The molecule has 0 aromatic carbocycles. The third-order valence-corrected chi connectivity index (χ3v) is 7.92. The lowest BCUT2D eigenvalue weighted by molar-refractivity contribution is -0.142. The molecule has 1 amide bonds. The Bertz CT molecular complexity index is 611. The van der Waals surface area contributed by atoms with Crippen molar-refractivity contribution >= 4 is 53.1 Å². The first-order valence-electron chi connectivity index (χ1n) is 6.21. The van der Waals surface area contributed by atoms with Crippen molar-refractivity contribution in [2.75, 3.05) is 21.3 Å². The van der Waals surface area contributed by atoms with Gasteiger partial charge < -0.3 is 14.4 Å². The number of hydrogen-bond donors (Lipinski definition) is 0. The van der Waals surface area contributed by atoms with E-state index in [1.807, 2.05) is 13.8 Å². The van der Waals surface area contributed by atoms with Crippen LogP contribution >= 0.6 is 35.3 Å². The topological polar surface area (TPSA) is 72.9 Å². The lowest BCUT2D eigenvalue weighted by atomic mass is 10.3. The predicted molar refractivity (Wildman–Crippen MR) is 87.7 cm³/mol. The average molecular weight is 361 g/mol. The Morgan fingerprint density at radius 1 is 1.00 bits per heavy atom. The van der Waals surface area contributed by atoms with Crippen LogP contribution in [0.3, 0.4) is 0 Å². The minimum atomic E-state index is -0.941. The molecule has 0 radical (unpaired) electrons. The third-order valence-electron chi connectivity index (χ3n) is 3.17. The fraction of sp³-hybridized carbons (Fsp3) is 0.462. The first kappa shape index (κ1) is 17.3. The number of methoxy groups -OCH3 is 2. The van der Waals surface area contributed by atoms with Crippen molar-refractivity contribution in [3.63, 3.8) is 0 Å². The summed E-state index contributed by atoms with van der Waals surface area (Å²) in [6.07, 6.45) is 0. The van der Waals surface area contributed by atoms with E-state index in [0.717, 1.165) is 21.6 Å². The van der Waals surface area contributed by atoms with E-state index in [1.165, 1.54) is 49.7 Å². The molecule has 1 spiro atoms. The summed E-state index contributed by atoms with van der Waals surface area (Å²) in [5.41, 5.74) is -0.0848. The summed E-state index contributed by atoms with van der Waals surface area (Å²) >= 11 is 3.81. The van der Waals surface area contributed by atoms with E-state index in [1.54, 1.807) is 0 Å². The first-order valence-corrected chi connectivity index (χ1v) is 8.66. The normalized spacial score (nSPS) is 20.8. The maximum Gasteiger partial charge on any atom is 0.356 e. The molecule has 0 aromatic heterocycles. The van der Waals surface area contributed by atoms with Gasteiger partial charge in [-0.15, -0.1) is 0 Å². The molecular weight excluding hydrogens is 346 g/mol. The van der Waals surface area contributed by atoms with Crippen molar-refractivity contribution in [1.82, 2.24) is 4.90 Å². The van der Waals surface area contributed by atoms with Crippen LogP contribution in [0.2, 0.25) is 0 Å². The predicted octanol–water partition coefficient (Wildman–Crippen LogP) is 2.13. The molecule has 0 aliphatic carbocycles. The Balaban J connectivity index is 2.53. The molecule has 0 aromatic rings. The van der Waals surface area contributed by atoms with E-state index in [0.29, 0.717) is 0 Å². The van der Waals surface area contributed by atoms with Gasteiger partial charge in [-0.2, -0.15) is 0 Å². The minimum absolute atomic E-state index is 0.0824. The molecule has 0 saturated heterocycles. The van der Waals surface area contributed by atoms with Gasteiger partial charge in [0.25, 0.3) is 5.91 Å². The number of nitrogens with zero attached hydrogens (tertiary/aromatic N) is 1. The van der Waals surface area contributed by atoms with Crippen molar-refractivity contribution < 1.29 is 23.9 Å². The molecule has 0 N–H and O–H groups in total. The van der Waals surface area contributed by atoms with Gasteiger partial charge in [0.2, 0.25) is 0 Å². The molecule has 2 rings (SSSR count). The summed E-state index contributed by atoms with van der Waals surface area (Å²) in [7, 11) is 3.90. The van der Waals surface area contributed by atoms with E-state index in [2.05, 4.69) is 0 Å². The highest BCUT2D eigenvalue weighted by molar-refractivity contribution is 8.40. The standard InChI is InChI=1S/C13H15NO5S3/c1-6-7(2)21-13(20-6)12(17)14(3)8(10(15)18-4)9(22-13)11(16)19-5/h1-5H3. The molecule has 2 aliphatic rings. The minimum Gasteiger partial charge on any atom is -0.465 e. The zero-order chi connectivity index (χ0) is 16.7. The zero-order valence-electron chi connectivity index (χ0n) is 12.7. The fourth-order valence-electron chi connectivity index (χ4n) is 1.94. The second kappa shape index (κ2) is 6.21. The molecule has 2 aliphatic heterocycles. The van der Waals surface area contributed by atoms with Gasteiger partial charge in [0.05, 0.1) is 14.2 Å². The van der Waals surface area contributed by atoms with Gasteiger partial charge >= 0.3 is 11.9 Å². The van der Waals surface area contributed by atoms with Crippen LogP contribution < -0.4 is 0 Å². The van der Waals surface area contributed by atoms with Gasteiger partial charge in [0.15, 0.2) is 9.11 Å².